The van der Waals surface area contributed by atoms with Gasteiger partial charge in [-0.25, -0.2) is 0 Å². The van der Waals surface area contributed by atoms with Crippen molar-refractivity contribution in [1.82, 2.24) is 10.1 Å². The maximum Gasteiger partial charge on any atom is 0.324 e. The molecule has 1 aromatic carbocycles. The molecule has 0 radical (unpaired) electrons. The van der Waals surface area contributed by atoms with E-state index in [1.54, 1.807) is 0 Å². The van der Waals surface area contributed by atoms with E-state index in [1.165, 1.54) is 5.56 Å². The lowest BCUT2D eigenvalue weighted by atomic mass is 10.0. The second-order valence-electron chi connectivity index (χ2n) is 7.88. The molecule has 0 saturated carbocycles. The molecule has 2 aliphatic rings. The molecule has 0 atom stereocenters. The number of hydrogen-bond acceptors (Lipinski definition) is 8. The van der Waals surface area contributed by atoms with Crippen LogP contribution in [0.3, 0.4) is 0 Å². The van der Waals surface area contributed by atoms with Crippen LogP contribution < -0.4 is 9.64 Å². The third-order valence-corrected chi connectivity index (χ3v) is 5.87. The van der Waals surface area contributed by atoms with E-state index in [0.717, 1.165) is 43.9 Å². The molecule has 0 amide bonds. The minimum atomic E-state index is -1.58. The highest BCUT2D eigenvalue weighted by molar-refractivity contribution is 7.75. The SMILES string of the molecule is CC(C)c1noc(N2CCC(Oc3ccc(CC4COS(=O)OC4)cc3)CC2)n1. The number of hydrogen-bond donors (Lipinski definition) is 0. The molecule has 158 valence electrons. The van der Waals surface area contributed by atoms with Crippen LogP contribution in [0.15, 0.2) is 28.8 Å². The number of nitrogens with zero attached hydrogens (tertiary/aromatic N) is 3. The van der Waals surface area contributed by atoms with Crippen molar-refractivity contribution in [3.8, 4) is 5.75 Å². The van der Waals surface area contributed by atoms with Crippen LogP contribution in [0.5, 0.6) is 5.75 Å². The average molecular weight is 422 g/mol. The zero-order chi connectivity index (χ0) is 20.2. The molecule has 2 saturated heterocycles. The molecule has 2 aromatic rings. The quantitative estimate of drug-likeness (QED) is 0.703. The summed E-state index contributed by atoms with van der Waals surface area (Å²) < 4.78 is 32.7. The predicted octanol–water partition coefficient (Wildman–Crippen LogP) is 3.03. The highest BCUT2D eigenvalue weighted by Gasteiger charge is 2.25. The van der Waals surface area contributed by atoms with Gasteiger partial charge in [0.15, 0.2) is 5.82 Å². The van der Waals surface area contributed by atoms with Gasteiger partial charge >= 0.3 is 17.4 Å². The van der Waals surface area contributed by atoms with Crippen molar-refractivity contribution in [2.45, 2.75) is 45.1 Å². The van der Waals surface area contributed by atoms with E-state index in [0.29, 0.717) is 19.2 Å². The first-order valence-corrected chi connectivity index (χ1v) is 11.1. The molecule has 2 fully saturated rings. The van der Waals surface area contributed by atoms with Gasteiger partial charge in [0.2, 0.25) is 0 Å². The Balaban J connectivity index is 1.24. The van der Waals surface area contributed by atoms with Gasteiger partial charge < -0.3 is 14.2 Å². The van der Waals surface area contributed by atoms with Gasteiger partial charge in [0.1, 0.15) is 11.9 Å². The number of benzene rings is 1. The molecule has 0 N–H and O–H groups in total. The lowest BCUT2D eigenvalue weighted by Crippen LogP contribution is -2.38. The van der Waals surface area contributed by atoms with Gasteiger partial charge in [-0.1, -0.05) is 31.1 Å². The van der Waals surface area contributed by atoms with Gasteiger partial charge in [-0.05, 0) is 24.1 Å². The summed E-state index contributed by atoms with van der Waals surface area (Å²) in [6.07, 6.45) is 2.84. The first-order chi connectivity index (χ1) is 14.1. The Bertz CT molecular complexity index is 808. The number of anilines is 1. The van der Waals surface area contributed by atoms with Gasteiger partial charge in [0, 0.05) is 37.8 Å². The third-order valence-electron chi connectivity index (χ3n) is 5.21. The van der Waals surface area contributed by atoms with Crippen molar-refractivity contribution in [2.75, 3.05) is 31.2 Å². The van der Waals surface area contributed by atoms with Crippen molar-refractivity contribution < 1.29 is 21.8 Å². The van der Waals surface area contributed by atoms with Crippen molar-refractivity contribution in [1.29, 1.82) is 0 Å². The van der Waals surface area contributed by atoms with Crippen LogP contribution in [0.1, 0.15) is 44.0 Å². The van der Waals surface area contributed by atoms with E-state index in [-0.39, 0.29) is 17.9 Å². The van der Waals surface area contributed by atoms with Gasteiger partial charge in [-0.15, -0.1) is 0 Å². The van der Waals surface area contributed by atoms with Crippen LogP contribution in [-0.4, -0.2) is 46.8 Å². The molecule has 0 unspecified atom stereocenters. The van der Waals surface area contributed by atoms with E-state index >= 15 is 0 Å². The highest BCUT2D eigenvalue weighted by Crippen LogP contribution is 2.24. The zero-order valence-electron chi connectivity index (χ0n) is 16.8. The molecule has 29 heavy (non-hydrogen) atoms. The summed E-state index contributed by atoms with van der Waals surface area (Å²) in [6, 6.07) is 8.77. The molecule has 1 aromatic heterocycles. The second-order valence-corrected chi connectivity index (χ2v) is 8.76. The summed E-state index contributed by atoms with van der Waals surface area (Å²) >= 11 is -1.58. The zero-order valence-corrected chi connectivity index (χ0v) is 17.6. The predicted molar refractivity (Wildman–Crippen MR) is 108 cm³/mol. The van der Waals surface area contributed by atoms with Crippen LogP contribution in [0.4, 0.5) is 6.01 Å². The van der Waals surface area contributed by atoms with Crippen LogP contribution in [0.2, 0.25) is 0 Å². The molecule has 0 bridgehead atoms. The van der Waals surface area contributed by atoms with Crippen molar-refractivity contribution in [2.24, 2.45) is 5.92 Å². The minimum absolute atomic E-state index is 0.180. The molecule has 0 aliphatic carbocycles. The second kappa shape index (κ2) is 9.23. The molecule has 0 spiro atoms. The van der Waals surface area contributed by atoms with Crippen LogP contribution in [-0.2, 0) is 26.1 Å². The Hall–Kier alpha value is -1.97. The van der Waals surface area contributed by atoms with E-state index in [4.69, 9.17) is 17.6 Å². The van der Waals surface area contributed by atoms with Crippen LogP contribution in [0.25, 0.3) is 0 Å². The van der Waals surface area contributed by atoms with E-state index < -0.39 is 11.4 Å². The summed E-state index contributed by atoms with van der Waals surface area (Å²) in [6.45, 7) is 6.71. The topological polar surface area (TPSA) is 86.9 Å². The fraction of sp³-hybridized carbons (Fsp3) is 0.600. The lowest BCUT2D eigenvalue weighted by Gasteiger charge is -2.30. The van der Waals surface area contributed by atoms with E-state index in [9.17, 15) is 4.21 Å². The molecule has 2 aliphatic heterocycles. The van der Waals surface area contributed by atoms with Gasteiger partial charge in [0.05, 0.1) is 13.2 Å². The maximum absolute atomic E-state index is 11.1. The average Bonchev–Trinajstić information content (AvgIpc) is 3.22. The summed E-state index contributed by atoms with van der Waals surface area (Å²) in [7, 11) is 0. The van der Waals surface area contributed by atoms with Crippen molar-refractivity contribution in [3.63, 3.8) is 0 Å². The van der Waals surface area contributed by atoms with Crippen molar-refractivity contribution >= 4 is 17.4 Å². The normalized spacial score (nSPS) is 23.5. The number of aromatic nitrogens is 2. The molecular weight excluding hydrogens is 394 g/mol. The smallest absolute Gasteiger partial charge is 0.324 e. The molecule has 4 rings (SSSR count). The first kappa shape index (κ1) is 20.3. The number of piperidine rings is 1. The summed E-state index contributed by atoms with van der Waals surface area (Å²) in [5.74, 6) is 2.12. The highest BCUT2D eigenvalue weighted by atomic mass is 32.2. The van der Waals surface area contributed by atoms with E-state index in [1.807, 2.05) is 12.1 Å². The summed E-state index contributed by atoms with van der Waals surface area (Å²) in [4.78, 5) is 6.60. The summed E-state index contributed by atoms with van der Waals surface area (Å²) in [5, 5.41) is 4.04. The number of ether oxygens (including phenoxy) is 1. The fourth-order valence-corrected chi connectivity index (χ4v) is 4.16. The van der Waals surface area contributed by atoms with Gasteiger partial charge in [0.25, 0.3) is 0 Å². The summed E-state index contributed by atoms with van der Waals surface area (Å²) in [5.41, 5.74) is 1.19. The maximum atomic E-state index is 11.1. The lowest BCUT2D eigenvalue weighted by molar-refractivity contribution is 0.124. The molecule has 9 heteroatoms. The third kappa shape index (κ3) is 5.34. The number of rotatable bonds is 6. The Labute approximate surface area is 173 Å². The Morgan fingerprint density at radius 3 is 2.48 bits per heavy atom. The van der Waals surface area contributed by atoms with Gasteiger partial charge in [-0.3, -0.25) is 8.37 Å². The largest absolute Gasteiger partial charge is 0.490 e. The molecule has 8 nitrogen and oxygen atoms in total. The minimum Gasteiger partial charge on any atom is -0.490 e. The van der Waals surface area contributed by atoms with Crippen LogP contribution in [0, 0.1) is 5.92 Å². The standard InChI is InChI=1S/C20H27N3O5S/c1-14(2)19-21-20(28-22-19)23-9-7-18(8-10-23)27-17-5-3-15(4-6-17)11-16-12-25-29(24)26-13-16/h3-6,14,16,18H,7-13H2,1-2H3. The molecular formula is C20H27N3O5S. The Kier molecular flexibility index (Phi) is 6.46. The Morgan fingerprint density at radius 1 is 1.17 bits per heavy atom. The monoisotopic (exact) mass is 421 g/mol. The van der Waals surface area contributed by atoms with Crippen LogP contribution >= 0.6 is 0 Å². The fourth-order valence-electron chi connectivity index (χ4n) is 3.49. The first-order valence-electron chi connectivity index (χ1n) is 10.1. The van der Waals surface area contributed by atoms with E-state index in [2.05, 4.69) is 41.0 Å². The van der Waals surface area contributed by atoms with Crippen molar-refractivity contribution in [3.05, 3.63) is 35.7 Å². The molecule has 3 heterocycles. The van der Waals surface area contributed by atoms with Gasteiger partial charge in [-0.2, -0.15) is 9.19 Å². The Morgan fingerprint density at radius 2 is 1.86 bits per heavy atom.